The van der Waals surface area contributed by atoms with Crippen molar-refractivity contribution in [2.24, 2.45) is 0 Å². The quantitative estimate of drug-likeness (QED) is 0.592. The van der Waals surface area contributed by atoms with Crippen molar-refractivity contribution in [1.29, 1.82) is 0 Å². The molecular weight excluding hydrogens is 406 g/mol. The number of pyridine rings is 1. The van der Waals surface area contributed by atoms with E-state index in [0.717, 1.165) is 43.8 Å². The molecule has 0 N–H and O–H groups in total. The van der Waals surface area contributed by atoms with Crippen LogP contribution >= 0.6 is 12.2 Å². The Morgan fingerprint density at radius 1 is 1.17 bits per heavy atom. The van der Waals surface area contributed by atoms with Gasteiger partial charge in [0.15, 0.2) is 15.5 Å². The van der Waals surface area contributed by atoms with Crippen LogP contribution in [0.25, 0.3) is 16.6 Å². The highest BCUT2D eigenvalue weighted by molar-refractivity contribution is 7.91. The van der Waals surface area contributed by atoms with Crippen LogP contribution in [-0.4, -0.2) is 76.1 Å². The van der Waals surface area contributed by atoms with Gasteiger partial charge in [-0.05, 0) is 43.3 Å². The largest absolute Gasteiger partial charge is 0.297 e. The maximum absolute atomic E-state index is 11.8. The third-order valence-corrected chi connectivity index (χ3v) is 8.39. The lowest BCUT2D eigenvalue weighted by molar-refractivity contribution is 0.0810. The molecule has 7 nitrogen and oxygen atoms in total. The first-order valence-corrected chi connectivity index (χ1v) is 12.3. The van der Waals surface area contributed by atoms with Crippen molar-refractivity contribution in [3.05, 3.63) is 40.7 Å². The molecule has 2 fully saturated rings. The van der Waals surface area contributed by atoms with E-state index in [1.165, 1.54) is 10.9 Å². The summed E-state index contributed by atoms with van der Waals surface area (Å²) in [5, 5.41) is 5.96. The number of aromatic nitrogens is 3. The van der Waals surface area contributed by atoms with Crippen LogP contribution in [0.15, 0.2) is 30.3 Å². The van der Waals surface area contributed by atoms with Crippen molar-refractivity contribution in [2.75, 3.05) is 37.7 Å². The molecule has 5 rings (SSSR count). The third-order valence-electron chi connectivity index (χ3n) is 6.25. The topological polar surface area (TPSA) is 62.9 Å². The number of para-hydroxylation sites is 1. The fourth-order valence-electron chi connectivity index (χ4n) is 4.63. The van der Waals surface area contributed by atoms with E-state index in [4.69, 9.17) is 17.3 Å². The normalized spacial score (nSPS) is 23.3. The lowest BCUT2D eigenvalue weighted by Gasteiger charge is -2.37. The Kier molecular flexibility index (Phi) is 4.73. The molecule has 1 aromatic carbocycles. The predicted molar refractivity (Wildman–Crippen MR) is 116 cm³/mol. The molecule has 0 radical (unpaired) electrons. The van der Waals surface area contributed by atoms with E-state index in [1.807, 2.05) is 16.8 Å². The molecule has 3 aromatic rings. The Morgan fingerprint density at radius 3 is 2.66 bits per heavy atom. The van der Waals surface area contributed by atoms with Crippen LogP contribution in [0, 0.1) is 11.7 Å². The van der Waals surface area contributed by atoms with E-state index in [9.17, 15) is 8.42 Å². The fourth-order valence-corrected chi connectivity index (χ4v) is 6.68. The summed E-state index contributed by atoms with van der Waals surface area (Å²) in [5.41, 5.74) is 3.16. The van der Waals surface area contributed by atoms with Crippen LogP contribution in [0.3, 0.4) is 0 Å². The van der Waals surface area contributed by atoms with Crippen molar-refractivity contribution >= 4 is 38.6 Å². The maximum atomic E-state index is 11.8. The maximum Gasteiger partial charge on any atom is 0.204 e. The van der Waals surface area contributed by atoms with Crippen molar-refractivity contribution in [3.8, 4) is 0 Å². The zero-order chi connectivity index (χ0) is 20.2. The van der Waals surface area contributed by atoms with Crippen molar-refractivity contribution in [3.63, 3.8) is 0 Å². The number of benzene rings is 1. The van der Waals surface area contributed by atoms with Gasteiger partial charge in [-0.3, -0.25) is 14.2 Å². The number of sulfone groups is 1. The van der Waals surface area contributed by atoms with Gasteiger partial charge in [-0.25, -0.2) is 13.1 Å². The number of nitrogens with zero attached hydrogens (tertiary/aromatic N) is 5. The molecule has 2 aromatic heterocycles. The molecule has 2 aliphatic rings. The van der Waals surface area contributed by atoms with Gasteiger partial charge in [0.25, 0.3) is 0 Å². The number of hydrogen-bond donors (Lipinski definition) is 0. The van der Waals surface area contributed by atoms with Gasteiger partial charge in [-0.2, -0.15) is 5.10 Å². The van der Waals surface area contributed by atoms with Crippen molar-refractivity contribution in [2.45, 2.75) is 26.1 Å². The van der Waals surface area contributed by atoms with Gasteiger partial charge in [0.05, 0.1) is 23.7 Å². The minimum absolute atomic E-state index is 0.189. The molecule has 0 bridgehead atoms. The van der Waals surface area contributed by atoms with Gasteiger partial charge in [0, 0.05) is 37.6 Å². The molecule has 4 heterocycles. The summed E-state index contributed by atoms with van der Waals surface area (Å²) in [6, 6.07) is 10.6. The summed E-state index contributed by atoms with van der Waals surface area (Å²) in [5.74, 6) is 0.651. The van der Waals surface area contributed by atoms with Crippen LogP contribution < -0.4 is 0 Å². The first-order chi connectivity index (χ1) is 13.9. The molecule has 0 saturated carbocycles. The van der Waals surface area contributed by atoms with E-state index in [-0.39, 0.29) is 6.04 Å². The van der Waals surface area contributed by atoms with Crippen molar-refractivity contribution in [1.82, 2.24) is 24.0 Å². The average molecular weight is 432 g/mol. The smallest absolute Gasteiger partial charge is 0.204 e. The predicted octanol–water partition coefficient (Wildman–Crippen LogP) is 2.09. The Bertz CT molecular complexity index is 1240. The highest BCUT2D eigenvalue weighted by atomic mass is 32.2. The third kappa shape index (κ3) is 3.50. The molecular formula is C20H25N5O2S2. The Labute approximate surface area is 175 Å². The minimum Gasteiger partial charge on any atom is -0.297 e. The SMILES string of the molecule is Cc1cc2nn(CN3CCN(C4CCS(=O)(=O)C4)CC3)c(=S)n2c2ccccc12. The summed E-state index contributed by atoms with van der Waals surface area (Å²) in [4.78, 5) is 4.68. The van der Waals surface area contributed by atoms with Crippen LogP contribution in [0.5, 0.6) is 0 Å². The number of hydrogen-bond acceptors (Lipinski definition) is 6. The Balaban J connectivity index is 1.35. The Morgan fingerprint density at radius 2 is 1.93 bits per heavy atom. The van der Waals surface area contributed by atoms with Crippen LogP contribution in [0.1, 0.15) is 12.0 Å². The standard InChI is InChI=1S/C20H25N5O2S2/c1-15-12-19-21-24(20(28)25(19)18-5-3-2-4-17(15)18)14-22-7-9-23(10-8-22)16-6-11-29(26,27)13-16/h2-5,12,16H,6-11,13-14H2,1H3. The van der Waals surface area contributed by atoms with Crippen LogP contribution in [0.4, 0.5) is 0 Å². The second kappa shape index (κ2) is 7.16. The second-order valence-corrected chi connectivity index (χ2v) is 10.8. The van der Waals surface area contributed by atoms with E-state index >= 15 is 0 Å². The molecule has 29 heavy (non-hydrogen) atoms. The highest BCUT2D eigenvalue weighted by Crippen LogP contribution is 2.22. The highest BCUT2D eigenvalue weighted by Gasteiger charge is 2.33. The van der Waals surface area contributed by atoms with E-state index in [2.05, 4.69) is 39.3 Å². The number of fused-ring (bicyclic) bond motifs is 3. The van der Waals surface area contributed by atoms with E-state index < -0.39 is 9.84 Å². The van der Waals surface area contributed by atoms with Crippen LogP contribution in [0.2, 0.25) is 0 Å². The molecule has 0 amide bonds. The molecule has 9 heteroatoms. The number of rotatable bonds is 3. The van der Waals surface area contributed by atoms with Gasteiger partial charge in [-0.15, -0.1) is 0 Å². The molecule has 1 unspecified atom stereocenters. The fraction of sp³-hybridized carbons (Fsp3) is 0.500. The summed E-state index contributed by atoms with van der Waals surface area (Å²) < 4.78 is 28.2. The monoisotopic (exact) mass is 431 g/mol. The molecule has 0 spiro atoms. The summed E-state index contributed by atoms with van der Waals surface area (Å²) in [6.45, 7) is 6.33. The number of piperazine rings is 1. The van der Waals surface area contributed by atoms with Gasteiger partial charge < -0.3 is 0 Å². The van der Waals surface area contributed by atoms with Gasteiger partial charge in [0.1, 0.15) is 0 Å². The minimum atomic E-state index is -2.83. The first kappa shape index (κ1) is 19.2. The lowest BCUT2D eigenvalue weighted by atomic mass is 10.1. The second-order valence-electron chi connectivity index (χ2n) is 8.17. The van der Waals surface area contributed by atoms with Gasteiger partial charge in [-0.1, -0.05) is 18.2 Å². The zero-order valence-electron chi connectivity index (χ0n) is 16.5. The van der Waals surface area contributed by atoms with Gasteiger partial charge in [0.2, 0.25) is 4.77 Å². The van der Waals surface area contributed by atoms with E-state index in [1.54, 1.807) is 0 Å². The molecule has 2 aliphatic heterocycles. The van der Waals surface area contributed by atoms with Gasteiger partial charge >= 0.3 is 0 Å². The van der Waals surface area contributed by atoms with Crippen LogP contribution in [-0.2, 0) is 16.5 Å². The Hall–Kier alpha value is -1.81. The molecule has 0 aliphatic carbocycles. The average Bonchev–Trinajstić information content (AvgIpc) is 3.22. The molecule has 2 saturated heterocycles. The summed E-state index contributed by atoms with van der Waals surface area (Å²) in [6.07, 6.45) is 0.770. The molecule has 1 atom stereocenters. The summed E-state index contributed by atoms with van der Waals surface area (Å²) >= 11 is 5.76. The summed E-state index contributed by atoms with van der Waals surface area (Å²) in [7, 11) is -2.83. The zero-order valence-corrected chi connectivity index (χ0v) is 18.1. The van der Waals surface area contributed by atoms with Crippen molar-refractivity contribution < 1.29 is 8.42 Å². The molecule has 154 valence electrons. The van der Waals surface area contributed by atoms with E-state index in [0.29, 0.717) is 22.9 Å². The lowest BCUT2D eigenvalue weighted by Crippen LogP contribution is -2.50. The number of aryl methyl sites for hydroxylation is 1. The first-order valence-electron chi connectivity index (χ1n) is 10.1.